The molecule has 1 heterocycles. The number of hydrogen-bond acceptors (Lipinski definition) is 4. The van der Waals surface area contributed by atoms with Gasteiger partial charge in [0.15, 0.2) is 0 Å². The Morgan fingerprint density at radius 2 is 2.00 bits per heavy atom. The van der Waals surface area contributed by atoms with Gasteiger partial charge in [-0.2, -0.15) is 0 Å². The highest BCUT2D eigenvalue weighted by atomic mass is 16.4. The maximum atomic E-state index is 12.3. The number of benzene rings is 1. The molecule has 6 nitrogen and oxygen atoms in total. The summed E-state index contributed by atoms with van der Waals surface area (Å²) in [5.41, 5.74) is 8.14. The number of rotatable bonds is 4. The summed E-state index contributed by atoms with van der Waals surface area (Å²) in [6.07, 6.45) is 1.18. The van der Waals surface area contributed by atoms with Gasteiger partial charge in [0.1, 0.15) is 0 Å². The van der Waals surface area contributed by atoms with Crippen LogP contribution < -0.4 is 11.1 Å². The van der Waals surface area contributed by atoms with Gasteiger partial charge in [-0.05, 0) is 57.5 Å². The normalized spacial score (nSPS) is 17.9. The van der Waals surface area contributed by atoms with Gasteiger partial charge in [-0.1, -0.05) is 6.07 Å². The highest BCUT2D eigenvalue weighted by Gasteiger charge is 2.29. The number of hydrogen-bond donors (Lipinski definition) is 3. The van der Waals surface area contributed by atoms with Gasteiger partial charge in [0.2, 0.25) is 5.91 Å². The Bertz CT molecular complexity index is 566. The molecule has 0 radical (unpaired) electrons. The molecule has 0 bridgehead atoms. The Hall–Kier alpha value is -2.08. The van der Waals surface area contributed by atoms with Crippen LogP contribution in [-0.2, 0) is 9.59 Å². The number of carbonyl (C=O) groups excluding carboxylic acids is 1. The van der Waals surface area contributed by atoms with Gasteiger partial charge in [-0.15, -0.1) is 0 Å². The SMILES string of the molecule is Cc1ccc(NC(=O)C(C)N2CCC(C(=O)O)CC2)cc1N. The summed E-state index contributed by atoms with van der Waals surface area (Å²) in [5.74, 6) is -1.13. The fourth-order valence-electron chi connectivity index (χ4n) is 2.66. The molecule has 2 rings (SSSR count). The number of nitrogens with two attached hydrogens (primary N) is 1. The van der Waals surface area contributed by atoms with E-state index in [1.165, 1.54) is 0 Å². The van der Waals surface area contributed by atoms with E-state index in [1.807, 2.05) is 30.9 Å². The molecular formula is C16H23N3O3. The minimum atomic E-state index is -0.744. The summed E-state index contributed by atoms with van der Waals surface area (Å²) < 4.78 is 0. The molecule has 1 aromatic rings. The number of nitrogens with zero attached hydrogens (tertiary/aromatic N) is 1. The van der Waals surface area contributed by atoms with Gasteiger partial charge in [0.25, 0.3) is 0 Å². The largest absolute Gasteiger partial charge is 0.481 e. The lowest BCUT2D eigenvalue weighted by Crippen LogP contribution is -2.46. The van der Waals surface area contributed by atoms with Crippen LogP contribution in [0.1, 0.15) is 25.3 Å². The third-order valence-corrected chi connectivity index (χ3v) is 4.35. The van der Waals surface area contributed by atoms with Crippen molar-refractivity contribution in [2.24, 2.45) is 5.92 Å². The van der Waals surface area contributed by atoms with Crippen molar-refractivity contribution in [3.05, 3.63) is 23.8 Å². The van der Waals surface area contributed by atoms with Crippen molar-refractivity contribution >= 4 is 23.3 Å². The van der Waals surface area contributed by atoms with Gasteiger partial charge in [0, 0.05) is 11.4 Å². The first-order valence-electron chi connectivity index (χ1n) is 7.52. The van der Waals surface area contributed by atoms with Crippen LogP contribution in [-0.4, -0.2) is 41.0 Å². The molecule has 4 N–H and O–H groups in total. The van der Waals surface area contributed by atoms with Crippen LogP contribution in [0, 0.1) is 12.8 Å². The second-order valence-electron chi connectivity index (χ2n) is 5.89. The zero-order valence-corrected chi connectivity index (χ0v) is 13.0. The number of aryl methyl sites for hydroxylation is 1. The molecule has 1 aliphatic rings. The summed E-state index contributed by atoms with van der Waals surface area (Å²) in [5, 5.41) is 11.9. The molecule has 1 aromatic carbocycles. The van der Waals surface area contributed by atoms with Gasteiger partial charge < -0.3 is 16.2 Å². The van der Waals surface area contributed by atoms with E-state index < -0.39 is 5.97 Å². The van der Waals surface area contributed by atoms with E-state index in [0.29, 0.717) is 37.3 Å². The topological polar surface area (TPSA) is 95.7 Å². The van der Waals surface area contributed by atoms with Crippen molar-refractivity contribution in [2.45, 2.75) is 32.7 Å². The number of amides is 1. The average Bonchev–Trinajstić information content (AvgIpc) is 2.50. The van der Waals surface area contributed by atoms with E-state index in [9.17, 15) is 9.59 Å². The predicted molar refractivity (Wildman–Crippen MR) is 85.6 cm³/mol. The molecule has 0 spiro atoms. The lowest BCUT2D eigenvalue weighted by atomic mass is 9.96. The van der Waals surface area contributed by atoms with E-state index in [0.717, 1.165) is 5.56 Å². The third-order valence-electron chi connectivity index (χ3n) is 4.35. The number of carboxylic acid groups (broad SMARTS) is 1. The Kier molecular flexibility index (Phi) is 5.03. The van der Waals surface area contributed by atoms with E-state index >= 15 is 0 Å². The number of aliphatic carboxylic acids is 1. The molecule has 0 saturated carbocycles. The van der Waals surface area contributed by atoms with E-state index in [1.54, 1.807) is 6.07 Å². The second kappa shape index (κ2) is 6.79. The van der Waals surface area contributed by atoms with Crippen LogP contribution in [0.15, 0.2) is 18.2 Å². The van der Waals surface area contributed by atoms with Crippen molar-refractivity contribution in [3.63, 3.8) is 0 Å². The molecule has 0 aliphatic carbocycles. The molecule has 1 saturated heterocycles. The molecule has 1 atom stereocenters. The van der Waals surface area contributed by atoms with Crippen LogP contribution >= 0.6 is 0 Å². The van der Waals surface area contributed by atoms with E-state index in [4.69, 9.17) is 10.8 Å². The second-order valence-corrected chi connectivity index (χ2v) is 5.89. The van der Waals surface area contributed by atoms with E-state index in [-0.39, 0.29) is 17.9 Å². The summed E-state index contributed by atoms with van der Waals surface area (Å²) in [7, 11) is 0. The quantitative estimate of drug-likeness (QED) is 0.736. The lowest BCUT2D eigenvalue weighted by molar-refractivity contribution is -0.143. The number of carboxylic acids is 1. The number of piperidine rings is 1. The van der Waals surface area contributed by atoms with Crippen molar-refractivity contribution < 1.29 is 14.7 Å². The molecular weight excluding hydrogens is 282 g/mol. The van der Waals surface area contributed by atoms with Crippen LogP contribution in [0.5, 0.6) is 0 Å². The Morgan fingerprint density at radius 1 is 1.36 bits per heavy atom. The number of likely N-dealkylation sites (tertiary alicyclic amines) is 1. The average molecular weight is 305 g/mol. The molecule has 1 unspecified atom stereocenters. The third kappa shape index (κ3) is 3.76. The number of anilines is 2. The Morgan fingerprint density at radius 3 is 2.55 bits per heavy atom. The first-order chi connectivity index (χ1) is 10.4. The fourth-order valence-corrected chi connectivity index (χ4v) is 2.66. The van der Waals surface area contributed by atoms with Crippen LogP contribution in [0.25, 0.3) is 0 Å². The minimum Gasteiger partial charge on any atom is -0.481 e. The lowest BCUT2D eigenvalue weighted by Gasteiger charge is -2.33. The molecule has 0 aromatic heterocycles. The first kappa shape index (κ1) is 16.3. The highest BCUT2D eigenvalue weighted by molar-refractivity contribution is 5.95. The molecule has 22 heavy (non-hydrogen) atoms. The van der Waals surface area contributed by atoms with Crippen LogP contribution in [0.2, 0.25) is 0 Å². The smallest absolute Gasteiger partial charge is 0.306 e. The zero-order valence-electron chi connectivity index (χ0n) is 13.0. The van der Waals surface area contributed by atoms with Gasteiger partial charge in [-0.25, -0.2) is 0 Å². The number of carbonyl (C=O) groups is 2. The summed E-state index contributed by atoms with van der Waals surface area (Å²) in [4.78, 5) is 25.3. The first-order valence-corrected chi connectivity index (χ1v) is 7.52. The molecule has 6 heteroatoms. The van der Waals surface area contributed by atoms with Crippen molar-refractivity contribution in [3.8, 4) is 0 Å². The van der Waals surface area contributed by atoms with Gasteiger partial charge in [0.05, 0.1) is 12.0 Å². The van der Waals surface area contributed by atoms with Crippen molar-refractivity contribution in [1.29, 1.82) is 0 Å². The monoisotopic (exact) mass is 305 g/mol. The number of nitrogens with one attached hydrogen (secondary N) is 1. The maximum absolute atomic E-state index is 12.3. The molecule has 120 valence electrons. The Balaban J connectivity index is 1.92. The summed E-state index contributed by atoms with van der Waals surface area (Å²) >= 11 is 0. The predicted octanol–water partition coefficient (Wildman–Crippen LogP) is 1.70. The van der Waals surface area contributed by atoms with Gasteiger partial charge in [-0.3, -0.25) is 14.5 Å². The highest BCUT2D eigenvalue weighted by Crippen LogP contribution is 2.21. The molecule has 1 amide bonds. The Labute approximate surface area is 130 Å². The molecule has 1 aliphatic heterocycles. The van der Waals surface area contributed by atoms with Crippen molar-refractivity contribution in [2.75, 3.05) is 24.1 Å². The van der Waals surface area contributed by atoms with E-state index in [2.05, 4.69) is 5.32 Å². The number of nitrogen functional groups attached to an aromatic ring is 1. The molecule has 1 fully saturated rings. The van der Waals surface area contributed by atoms with Gasteiger partial charge >= 0.3 is 5.97 Å². The summed E-state index contributed by atoms with van der Waals surface area (Å²) in [6, 6.07) is 5.15. The summed E-state index contributed by atoms with van der Waals surface area (Å²) in [6.45, 7) is 5.01. The standard InChI is InChI=1S/C16H23N3O3/c1-10-3-4-13(9-14(10)17)18-15(20)11(2)19-7-5-12(6-8-19)16(21)22/h3-4,9,11-12H,5-8,17H2,1-2H3,(H,18,20)(H,21,22). The minimum absolute atomic E-state index is 0.1000. The fraction of sp³-hybridized carbons (Fsp3) is 0.500. The zero-order chi connectivity index (χ0) is 16.3. The van der Waals surface area contributed by atoms with Crippen molar-refractivity contribution in [1.82, 2.24) is 4.90 Å². The maximum Gasteiger partial charge on any atom is 0.306 e. The van der Waals surface area contributed by atoms with Crippen LogP contribution in [0.3, 0.4) is 0 Å². The van der Waals surface area contributed by atoms with Crippen LogP contribution in [0.4, 0.5) is 11.4 Å².